The minimum Gasteiger partial charge on any atom is -0.370 e. The minimum atomic E-state index is -0.391. The Morgan fingerprint density at radius 3 is 2.75 bits per heavy atom. The van der Waals surface area contributed by atoms with E-state index in [1.165, 1.54) is 0 Å². The van der Waals surface area contributed by atoms with Gasteiger partial charge in [-0.05, 0) is 33.1 Å². The Morgan fingerprint density at radius 2 is 2.19 bits per heavy atom. The number of carbonyl (C=O) groups is 2. The summed E-state index contributed by atoms with van der Waals surface area (Å²) in [4.78, 5) is 22.5. The van der Waals surface area contributed by atoms with Crippen LogP contribution in [0.5, 0.6) is 0 Å². The number of hydrogen-bond donors (Lipinski definition) is 3. The lowest BCUT2D eigenvalue weighted by molar-refractivity contribution is -0.125. The van der Waals surface area contributed by atoms with Crippen molar-refractivity contribution in [2.45, 2.75) is 57.7 Å². The topological polar surface area (TPSA) is 84.2 Å². The Kier molecular flexibility index (Phi) is 4.73. The summed E-state index contributed by atoms with van der Waals surface area (Å²) in [6, 6.07) is 0.0686. The van der Waals surface area contributed by atoms with Gasteiger partial charge in [0.2, 0.25) is 11.8 Å². The predicted molar refractivity (Wildman–Crippen MR) is 61.7 cm³/mol. The van der Waals surface area contributed by atoms with Gasteiger partial charge in [-0.1, -0.05) is 0 Å². The molecule has 1 aliphatic rings. The number of nitrogens with one attached hydrogen (secondary N) is 2. The van der Waals surface area contributed by atoms with Crippen LogP contribution in [-0.2, 0) is 9.59 Å². The first kappa shape index (κ1) is 13.0. The molecule has 0 aromatic heterocycles. The molecule has 3 unspecified atom stereocenters. The van der Waals surface area contributed by atoms with Crippen LogP contribution in [-0.4, -0.2) is 29.9 Å². The number of hydrogen-bond acceptors (Lipinski definition) is 3. The van der Waals surface area contributed by atoms with Crippen LogP contribution in [0.25, 0.3) is 0 Å². The second-order valence-electron chi connectivity index (χ2n) is 4.63. The lowest BCUT2D eigenvalue weighted by atomic mass is 9.99. The summed E-state index contributed by atoms with van der Waals surface area (Å²) < 4.78 is 0. The van der Waals surface area contributed by atoms with E-state index >= 15 is 0 Å². The Bertz CT molecular complexity index is 268. The van der Waals surface area contributed by atoms with E-state index in [9.17, 15) is 9.59 Å². The van der Waals surface area contributed by atoms with E-state index in [0.717, 1.165) is 19.3 Å². The van der Waals surface area contributed by atoms with Gasteiger partial charge in [0.05, 0.1) is 6.04 Å². The van der Waals surface area contributed by atoms with Crippen LogP contribution >= 0.6 is 0 Å². The zero-order chi connectivity index (χ0) is 12.1. The molecule has 0 aliphatic carbocycles. The molecule has 5 heteroatoms. The van der Waals surface area contributed by atoms with E-state index in [-0.39, 0.29) is 24.4 Å². The average molecular weight is 227 g/mol. The van der Waals surface area contributed by atoms with Crippen molar-refractivity contribution in [2.24, 2.45) is 5.73 Å². The summed E-state index contributed by atoms with van der Waals surface area (Å²) in [7, 11) is 0. The maximum atomic E-state index is 11.8. The van der Waals surface area contributed by atoms with Crippen molar-refractivity contribution >= 4 is 11.8 Å². The van der Waals surface area contributed by atoms with Crippen molar-refractivity contribution < 1.29 is 9.59 Å². The molecule has 2 amide bonds. The summed E-state index contributed by atoms with van der Waals surface area (Å²) in [6.45, 7) is 3.86. The highest BCUT2D eigenvalue weighted by Gasteiger charge is 2.25. The van der Waals surface area contributed by atoms with E-state index < -0.39 is 5.91 Å². The van der Waals surface area contributed by atoms with Gasteiger partial charge in [-0.25, -0.2) is 0 Å². The highest BCUT2D eigenvalue weighted by Crippen LogP contribution is 2.12. The SMILES string of the molecule is CC(CC(N)=O)NC(=O)C1CCCC(C)N1. The Balaban J connectivity index is 2.36. The quantitative estimate of drug-likeness (QED) is 0.627. The van der Waals surface area contributed by atoms with Crippen LogP contribution in [0.3, 0.4) is 0 Å². The second kappa shape index (κ2) is 5.84. The molecule has 1 aliphatic heterocycles. The summed E-state index contributed by atoms with van der Waals surface area (Å²) >= 11 is 0. The fraction of sp³-hybridized carbons (Fsp3) is 0.818. The van der Waals surface area contributed by atoms with E-state index in [1.54, 1.807) is 6.92 Å². The molecule has 16 heavy (non-hydrogen) atoms. The molecule has 1 fully saturated rings. The van der Waals surface area contributed by atoms with E-state index in [0.29, 0.717) is 6.04 Å². The summed E-state index contributed by atoms with van der Waals surface area (Å²) in [5.41, 5.74) is 5.06. The summed E-state index contributed by atoms with van der Waals surface area (Å²) in [5.74, 6) is -0.418. The van der Waals surface area contributed by atoms with Gasteiger partial charge >= 0.3 is 0 Å². The van der Waals surface area contributed by atoms with Gasteiger partial charge in [0, 0.05) is 18.5 Å². The molecule has 1 rings (SSSR count). The molecule has 92 valence electrons. The maximum absolute atomic E-state index is 11.8. The first-order valence-electron chi connectivity index (χ1n) is 5.83. The van der Waals surface area contributed by atoms with Gasteiger partial charge in [-0.15, -0.1) is 0 Å². The number of carbonyl (C=O) groups excluding carboxylic acids is 2. The predicted octanol–water partition coefficient (Wildman–Crippen LogP) is -0.103. The largest absolute Gasteiger partial charge is 0.370 e. The monoisotopic (exact) mass is 227 g/mol. The molecular formula is C11H21N3O2. The van der Waals surface area contributed by atoms with Crippen LogP contribution in [0.15, 0.2) is 0 Å². The summed E-state index contributed by atoms with van der Waals surface area (Å²) in [5, 5.41) is 6.05. The zero-order valence-corrected chi connectivity index (χ0v) is 9.95. The zero-order valence-electron chi connectivity index (χ0n) is 9.95. The first-order valence-corrected chi connectivity index (χ1v) is 5.83. The number of primary amides is 1. The van der Waals surface area contributed by atoms with Gasteiger partial charge < -0.3 is 16.4 Å². The van der Waals surface area contributed by atoms with E-state index in [4.69, 9.17) is 5.73 Å². The lowest BCUT2D eigenvalue weighted by Crippen LogP contribution is -2.52. The number of rotatable bonds is 4. The van der Waals surface area contributed by atoms with Crippen molar-refractivity contribution in [1.82, 2.24) is 10.6 Å². The molecule has 0 spiro atoms. The Hall–Kier alpha value is -1.10. The third-order valence-electron chi connectivity index (χ3n) is 2.83. The standard InChI is InChI=1S/C11H21N3O2/c1-7-4-3-5-9(13-7)11(16)14-8(2)6-10(12)15/h7-9,13H,3-6H2,1-2H3,(H2,12,15)(H,14,16). The maximum Gasteiger partial charge on any atom is 0.237 e. The average Bonchev–Trinajstić information content (AvgIpc) is 2.16. The van der Waals surface area contributed by atoms with Crippen molar-refractivity contribution in [3.63, 3.8) is 0 Å². The highest BCUT2D eigenvalue weighted by molar-refractivity contribution is 5.83. The smallest absolute Gasteiger partial charge is 0.237 e. The minimum absolute atomic E-state index is 0.0275. The third kappa shape index (κ3) is 4.18. The molecule has 1 saturated heterocycles. The fourth-order valence-corrected chi connectivity index (χ4v) is 2.04. The lowest BCUT2D eigenvalue weighted by Gasteiger charge is -2.28. The van der Waals surface area contributed by atoms with Gasteiger partial charge in [0.1, 0.15) is 0 Å². The number of amides is 2. The van der Waals surface area contributed by atoms with E-state index in [1.807, 2.05) is 0 Å². The van der Waals surface area contributed by atoms with Gasteiger partial charge in [0.25, 0.3) is 0 Å². The molecule has 5 nitrogen and oxygen atoms in total. The molecule has 4 N–H and O–H groups in total. The fourth-order valence-electron chi connectivity index (χ4n) is 2.04. The normalized spacial score (nSPS) is 27.1. The molecule has 3 atom stereocenters. The van der Waals surface area contributed by atoms with Crippen LogP contribution < -0.4 is 16.4 Å². The van der Waals surface area contributed by atoms with Crippen molar-refractivity contribution in [2.75, 3.05) is 0 Å². The number of piperidine rings is 1. The third-order valence-corrected chi connectivity index (χ3v) is 2.83. The van der Waals surface area contributed by atoms with Gasteiger partial charge in [-0.2, -0.15) is 0 Å². The van der Waals surface area contributed by atoms with Gasteiger partial charge in [0.15, 0.2) is 0 Å². The van der Waals surface area contributed by atoms with Crippen molar-refractivity contribution in [3.8, 4) is 0 Å². The molecule has 0 aromatic rings. The highest BCUT2D eigenvalue weighted by atomic mass is 16.2. The van der Waals surface area contributed by atoms with Gasteiger partial charge in [-0.3, -0.25) is 9.59 Å². The first-order chi connectivity index (χ1) is 7.49. The van der Waals surface area contributed by atoms with Crippen LogP contribution in [0.2, 0.25) is 0 Å². The Labute approximate surface area is 96.1 Å². The molecular weight excluding hydrogens is 206 g/mol. The van der Waals surface area contributed by atoms with Crippen LogP contribution in [0.4, 0.5) is 0 Å². The van der Waals surface area contributed by atoms with Crippen molar-refractivity contribution in [3.05, 3.63) is 0 Å². The molecule has 0 bridgehead atoms. The summed E-state index contributed by atoms with van der Waals surface area (Å²) in [6.07, 6.45) is 3.23. The molecule has 1 heterocycles. The second-order valence-corrected chi connectivity index (χ2v) is 4.63. The number of nitrogens with two attached hydrogens (primary N) is 1. The molecule has 0 saturated carbocycles. The van der Waals surface area contributed by atoms with E-state index in [2.05, 4.69) is 17.6 Å². The van der Waals surface area contributed by atoms with Crippen LogP contribution in [0, 0.1) is 0 Å². The molecule has 0 aromatic carbocycles. The van der Waals surface area contributed by atoms with Crippen molar-refractivity contribution in [1.29, 1.82) is 0 Å². The Morgan fingerprint density at radius 1 is 1.50 bits per heavy atom. The molecule has 0 radical (unpaired) electrons. The van der Waals surface area contributed by atoms with Crippen LogP contribution in [0.1, 0.15) is 39.5 Å².